The SMILES string of the molecule is COc1cccc([C@@H]2C[C@H](c3ccc(Cl)cc3)n3nc(N)nc3N2)c1. The second-order valence-electron chi connectivity index (χ2n) is 6.01. The van der Waals surface area contributed by atoms with E-state index in [0.717, 1.165) is 23.3 Å². The number of methoxy groups -OCH3 is 1. The lowest BCUT2D eigenvalue weighted by molar-refractivity contribution is 0.410. The Labute approximate surface area is 150 Å². The molecule has 2 heterocycles. The van der Waals surface area contributed by atoms with Gasteiger partial charge in [-0.1, -0.05) is 35.9 Å². The Hall–Kier alpha value is -2.73. The zero-order valence-electron chi connectivity index (χ0n) is 13.7. The molecule has 1 aromatic heterocycles. The third kappa shape index (κ3) is 3.00. The first-order valence-electron chi connectivity index (χ1n) is 8.02. The molecule has 0 saturated carbocycles. The van der Waals surface area contributed by atoms with Gasteiger partial charge in [0.1, 0.15) is 5.75 Å². The minimum absolute atomic E-state index is 0.0227. The lowest BCUT2D eigenvalue weighted by Crippen LogP contribution is -2.28. The number of halogens is 1. The van der Waals surface area contributed by atoms with Crippen LogP contribution in [0.25, 0.3) is 0 Å². The summed E-state index contributed by atoms with van der Waals surface area (Å²) in [5.41, 5.74) is 8.07. The van der Waals surface area contributed by atoms with E-state index in [2.05, 4.69) is 21.5 Å². The number of nitrogens with zero attached hydrogens (tertiary/aromatic N) is 3. The van der Waals surface area contributed by atoms with Gasteiger partial charge in [0, 0.05) is 5.02 Å². The molecule has 0 radical (unpaired) electrons. The van der Waals surface area contributed by atoms with Crippen molar-refractivity contribution in [2.75, 3.05) is 18.2 Å². The number of rotatable bonds is 3. The second-order valence-corrected chi connectivity index (χ2v) is 6.45. The molecule has 0 spiro atoms. The molecule has 6 nitrogen and oxygen atoms in total. The molecule has 2 aromatic carbocycles. The van der Waals surface area contributed by atoms with Gasteiger partial charge in [-0.05, 0) is 41.8 Å². The van der Waals surface area contributed by atoms with Crippen LogP contribution in [-0.4, -0.2) is 21.9 Å². The quantitative estimate of drug-likeness (QED) is 0.749. The van der Waals surface area contributed by atoms with Crippen LogP contribution in [0.15, 0.2) is 48.5 Å². The number of anilines is 2. The van der Waals surface area contributed by atoms with Gasteiger partial charge in [-0.25, -0.2) is 4.68 Å². The fourth-order valence-corrected chi connectivity index (χ4v) is 3.36. The molecule has 0 bridgehead atoms. The van der Waals surface area contributed by atoms with Crippen molar-refractivity contribution in [3.63, 3.8) is 0 Å². The van der Waals surface area contributed by atoms with Crippen molar-refractivity contribution in [2.24, 2.45) is 0 Å². The smallest absolute Gasteiger partial charge is 0.241 e. The van der Waals surface area contributed by atoms with Gasteiger partial charge in [0.15, 0.2) is 0 Å². The molecule has 2 atom stereocenters. The number of nitrogen functional groups attached to an aromatic ring is 1. The summed E-state index contributed by atoms with van der Waals surface area (Å²) in [5, 5.41) is 8.49. The van der Waals surface area contributed by atoms with Crippen LogP contribution < -0.4 is 15.8 Å². The summed E-state index contributed by atoms with van der Waals surface area (Å²) in [6.07, 6.45) is 0.810. The molecule has 4 rings (SSSR count). The Bertz CT molecular complexity index is 893. The maximum Gasteiger partial charge on any atom is 0.241 e. The van der Waals surface area contributed by atoms with E-state index in [9.17, 15) is 0 Å². The molecule has 128 valence electrons. The molecule has 3 N–H and O–H groups in total. The average molecular weight is 356 g/mol. The van der Waals surface area contributed by atoms with Gasteiger partial charge in [-0.3, -0.25) is 0 Å². The third-order valence-electron chi connectivity index (χ3n) is 4.46. The van der Waals surface area contributed by atoms with Crippen molar-refractivity contribution >= 4 is 23.5 Å². The van der Waals surface area contributed by atoms with Crippen LogP contribution in [0.1, 0.15) is 29.6 Å². The molecular formula is C18H18ClN5O. The third-order valence-corrected chi connectivity index (χ3v) is 4.71. The van der Waals surface area contributed by atoms with Crippen LogP contribution >= 0.6 is 11.6 Å². The topological polar surface area (TPSA) is 78.0 Å². The van der Waals surface area contributed by atoms with Crippen LogP contribution in [0.2, 0.25) is 5.02 Å². The Balaban J connectivity index is 1.74. The second kappa shape index (κ2) is 6.29. The number of nitrogens with two attached hydrogens (primary N) is 1. The highest BCUT2D eigenvalue weighted by atomic mass is 35.5. The normalized spacial score (nSPS) is 19.1. The number of fused-ring (bicyclic) bond motifs is 1. The molecule has 0 unspecified atom stereocenters. The maximum absolute atomic E-state index is 6.03. The van der Waals surface area contributed by atoms with Crippen LogP contribution in [0, 0.1) is 0 Å². The number of hydrogen-bond acceptors (Lipinski definition) is 5. The van der Waals surface area contributed by atoms with Crippen molar-refractivity contribution in [3.05, 3.63) is 64.7 Å². The molecule has 25 heavy (non-hydrogen) atoms. The van der Waals surface area contributed by atoms with Gasteiger partial charge in [0.25, 0.3) is 0 Å². The first-order valence-corrected chi connectivity index (χ1v) is 8.40. The predicted molar refractivity (Wildman–Crippen MR) is 98.0 cm³/mol. The summed E-state index contributed by atoms with van der Waals surface area (Å²) in [7, 11) is 1.67. The molecule has 7 heteroatoms. The zero-order chi connectivity index (χ0) is 17.4. The maximum atomic E-state index is 6.03. The summed E-state index contributed by atoms with van der Waals surface area (Å²) in [6.45, 7) is 0. The molecule has 0 amide bonds. The summed E-state index contributed by atoms with van der Waals surface area (Å²) in [4.78, 5) is 4.32. The lowest BCUT2D eigenvalue weighted by atomic mass is 9.93. The predicted octanol–water partition coefficient (Wildman–Crippen LogP) is 3.67. The summed E-state index contributed by atoms with van der Waals surface area (Å²) >= 11 is 6.03. The highest BCUT2D eigenvalue weighted by Gasteiger charge is 2.31. The van der Waals surface area contributed by atoms with Gasteiger partial charge in [0.05, 0.1) is 19.2 Å². The molecule has 1 aliphatic rings. The van der Waals surface area contributed by atoms with E-state index in [0.29, 0.717) is 11.0 Å². The van der Waals surface area contributed by atoms with E-state index in [4.69, 9.17) is 22.1 Å². The Morgan fingerprint density at radius 1 is 1.20 bits per heavy atom. The molecule has 3 aromatic rings. The van der Waals surface area contributed by atoms with Crippen molar-refractivity contribution in [1.82, 2.24) is 14.8 Å². The Morgan fingerprint density at radius 2 is 2.00 bits per heavy atom. The Morgan fingerprint density at radius 3 is 2.76 bits per heavy atom. The minimum atomic E-state index is 0.0227. The number of aromatic nitrogens is 3. The van der Waals surface area contributed by atoms with E-state index in [-0.39, 0.29) is 18.0 Å². The van der Waals surface area contributed by atoms with E-state index in [1.54, 1.807) is 7.11 Å². The van der Waals surface area contributed by atoms with Crippen LogP contribution in [-0.2, 0) is 0 Å². The fraction of sp³-hybridized carbons (Fsp3) is 0.222. The number of ether oxygens (including phenoxy) is 1. The van der Waals surface area contributed by atoms with E-state index in [1.165, 1.54) is 0 Å². The Kier molecular flexibility index (Phi) is 3.97. The van der Waals surface area contributed by atoms with Gasteiger partial charge < -0.3 is 15.8 Å². The summed E-state index contributed by atoms with van der Waals surface area (Å²) < 4.78 is 7.19. The van der Waals surface area contributed by atoms with Crippen molar-refractivity contribution < 1.29 is 4.74 Å². The lowest BCUT2D eigenvalue weighted by Gasteiger charge is -2.31. The summed E-state index contributed by atoms with van der Waals surface area (Å²) in [6, 6.07) is 15.9. The van der Waals surface area contributed by atoms with Gasteiger partial charge in [-0.2, -0.15) is 4.98 Å². The number of benzene rings is 2. The van der Waals surface area contributed by atoms with Crippen molar-refractivity contribution in [1.29, 1.82) is 0 Å². The van der Waals surface area contributed by atoms with Gasteiger partial charge in [-0.15, -0.1) is 5.10 Å². The minimum Gasteiger partial charge on any atom is -0.497 e. The molecule has 0 aliphatic carbocycles. The van der Waals surface area contributed by atoms with E-state index >= 15 is 0 Å². The van der Waals surface area contributed by atoms with E-state index < -0.39 is 0 Å². The molecule has 0 fully saturated rings. The van der Waals surface area contributed by atoms with E-state index in [1.807, 2.05) is 47.1 Å². The van der Waals surface area contributed by atoms with Crippen molar-refractivity contribution in [2.45, 2.75) is 18.5 Å². The summed E-state index contributed by atoms with van der Waals surface area (Å²) in [5.74, 6) is 1.75. The van der Waals surface area contributed by atoms with Crippen molar-refractivity contribution in [3.8, 4) is 5.75 Å². The zero-order valence-corrected chi connectivity index (χ0v) is 14.4. The fourth-order valence-electron chi connectivity index (χ4n) is 3.23. The van der Waals surface area contributed by atoms with Gasteiger partial charge in [0.2, 0.25) is 11.9 Å². The highest BCUT2D eigenvalue weighted by molar-refractivity contribution is 6.30. The highest BCUT2D eigenvalue weighted by Crippen LogP contribution is 2.38. The monoisotopic (exact) mass is 355 g/mol. The average Bonchev–Trinajstić information content (AvgIpc) is 3.02. The molecular weight excluding hydrogens is 338 g/mol. The number of hydrogen-bond donors (Lipinski definition) is 2. The first kappa shape index (κ1) is 15.8. The molecule has 0 saturated heterocycles. The molecule has 1 aliphatic heterocycles. The largest absolute Gasteiger partial charge is 0.497 e. The standard InChI is InChI=1S/C18H18ClN5O/c1-25-14-4-2-3-12(9-14)15-10-16(11-5-7-13(19)8-6-11)24-18(21-15)22-17(20)23-24/h2-9,15-16H,10H2,1H3,(H3,20,21,22,23)/t15-,16+/m0/s1. The number of nitrogens with one attached hydrogen (secondary N) is 1. The first-order chi connectivity index (χ1) is 12.1. The van der Waals surface area contributed by atoms with Gasteiger partial charge >= 0.3 is 0 Å². The van der Waals surface area contributed by atoms with Crippen LogP contribution in [0.5, 0.6) is 5.75 Å². The van der Waals surface area contributed by atoms with Crippen LogP contribution in [0.3, 0.4) is 0 Å². The van der Waals surface area contributed by atoms with Crippen LogP contribution in [0.4, 0.5) is 11.9 Å².